The maximum atomic E-state index is 16.9. The molecule has 0 spiro atoms. The quantitative estimate of drug-likeness (QED) is 0.00627. The maximum Gasteiger partial charge on any atom is 0.524 e. The molecule has 7 N–H and O–H groups in total. The third-order valence-corrected chi connectivity index (χ3v) is 20.1. The lowest BCUT2D eigenvalue weighted by atomic mass is 9.77. The van der Waals surface area contributed by atoms with Crippen LogP contribution < -0.4 is 30.8 Å². The molecule has 2 aromatic heterocycles. The van der Waals surface area contributed by atoms with Crippen LogP contribution in [0.5, 0.6) is 5.75 Å². The number of nitrogens with one attached hydrogen (secondary N) is 4. The highest BCUT2D eigenvalue weighted by atomic mass is 31.2. The van der Waals surface area contributed by atoms with Crippen LogP contribution in [0.4, 0.5) is 59.4 Å². The minimum Gasteiger partial charge on any atom is -0.481 e. The van der Waals surface area contributed by atoms with Crippen LogP contribution in [0.3, 0.4) is 0 Å². The summed E-state index contributed by atoms with van der Waals surface area (Å²) in [5, 5.41) is 19.6. The predicted molar refractivity (Wildman–Crippen MR) is 364 cm³/mol. The van der Waals surface area contributed by atoms with Crippen molar-refractivity contribution >= 4 is 55.6 Å². The van der Waals surface area contributed by atoms with E-state index in [1.807, 2.05) is 5.32 Å². The van der Waals surface area contributed by atoms with Gasteiger partial charge in [0.1, 0.15) is 35.6 Å². The van der Waals surface area contributed by atoms with Crippen molar-refractivity contribution in [3.63, 3.8) is 0 Å². The SMILES string of the molecule is COC(=O)N[C@H](C(=O)N[C@@H](Cc1ccc(C#Cc2cnc(N3CC4CCC(C3)N4C3COC3)nc2)cc1)[C@H](CN(Cc1c(F)cc(-c2ccn(C(F)F)n2)cc1F)NC(=O)[C@@H](NC(=O)OC)C(C)(C)C(F)(F)F)OC(=O)CC(C)(C)c1c(CC(=O)N2CC(C(=O)O)C2)cc(C)cc1OP(=O)(O)O)C(C)(C)C(F)(F)F. The molecule has 3 aromatic carbocycles. The second-order valence-electron chi connectivity index (χ2n) is 28.8. The van der Waals surface area contributed by atoms with Crippen molar-refractivity contribution in [3.05, 3.63) is 124 Å². The summed E-state index contributed by atoms with van der Waals surface area (Å²) in [6.07, 6.45) is -12.8. The number of likely N-dealkylation sites (tertiary alicyclic amines) is 1. The molecule has 5 aromatic rings. The van der Waals surface area contributed by atoms with Gasteiger partial charge < -0.3 is 54.3 Å². The number of amides is 5. The van der Waals surface area contributed by atoms with Crippen molar-refractivity contribution in [1.82, 2.24) is 55.9 Å². The monoisotopic (exact) mass is 1570 g/mol. The Morgan fingerprint density at radius 3 is 1.82 bits per heavy atom. The van der Waals surface area contributed by atoms with Gasteiger partial charge in [-0.3, -0.25) is 44.1 Å². The highest BCUT2D eigenvalue weighted by molar-refractivity contribution is 7.46. The average molecular weight is 1570 g/mol. The normalized spacial score (nSPS) is 17.8. The third-order valence-electron chi connectivity index (χ3n) is 19.6. The zero-order valence-electron chi connectivity index (χ0n) is 60.3. The minimum atomic E-state index is -5.56. The molecule has 9 rings (SSSR count). The number of phosphoric acid groups is 1. The summed E-state index contributed by atoms with van der Waals surface area (Å²) in [6, 6.07) is 3.79. The molecule has 6 heterocycles. The number of hydrazine groups is 1. The van der Waals surface area contributed by atoms with Crippen LogP contribution in [0.25, 0.3) is 11.3 Å². The van der Waals surface area contributed by atoms with Gasteiger partial charge in [-0.1, -0.05) is 43.9 Å². The number of halogens is 10. The van der Waals surface area contributed by atoms with Crippen molar-refractivity contribution in [2.75, 3.05) is 65.1 Å². The number of nitrogens with zero attached hydrogens (tertiary/aromatic N) is 8. The second kappa shape index (κ2) is 33.3. The van der Waals surface area contributed by atoms with Gasteiger partial charge in [0.15, 0.2) is 0 Å². The molecule has 5 amide bonds. The van der Waals surface area contributed by atoms with E-state index in [9.17, 15) is 52.2 Å². The number of carboxylic acids is 1. The third kappa shape index (κ3) is 20.0. The highest BCUT2D eigenvalue weighted by Crippen LogP contribution is 2.47. The van der Waals surface area contributed by atoms with E-state index in [-0.39, 0.29) is 40.0 Å². The van der Waals surface area contributed by atoms with Crippen LogP contribution >= 0.6 is 7.82 Å². The topological polar surface area (TPSA) is 348 Å². The number of fused-ring (bicyclic) bond motifs is 2. The summed E-state index contributed by atoms with van der Waals surface area (Å²) in [7, 11) is -4.08. The molecular weight excluding hydrogens is 1490 g/mol. The fraction of sp³-hybridized carbons (Fsp3) is 0.514. The number of hydrogen-bond acceptors (Lipinski definition) is 19. The first kappa shape index (κ1) is 83.4. The van der Waals surface area contributed by atoms with E-state index in [0.717, 1.165) is 45.4 Å². The number of alkyl carbamates (subject to hydrolysis) is 2. The highest BCUT2D eigenvalue weighted by Gasteiger charge is 2.58. The van der Waals surface area contributed by atoms with Gasteiger partial charge in [-0.25, -0.2) is 42.6 Å². The van der Waals surface area contributed by atoms with Crippen LogP contribution in [0.2, 0.25) is 0 Å². The number of rotatable bonds is 28. The Morgan fingerprint density at radius 2 is 1.31 bits per heavy atom. The molecule has 28 nitrogen and oxygen atoms in total. The van der Waals surface area contributed by atoms with Gasteiger partial charge in [0, 0.05) is 91.1 Å². The first-order valence-electron chi connectivity index (χ1n) is 34.0. The van der Waals surface area contributed by atoms with E-state index < -0.39 is 182 Å². The number of anilines is 1. The van der Waals surface area contributed by atoms with Crippen molar-refractivity contribution in [2.45, 2.75) is 154 Å². The largest absolute Gasteiger partial charge is 0.524 e. The van der Waals surface area contributed by atoms with Crippen LogP contribution in [0.15, 0.2) is 73.2 Å². The number of hydrogen-bond donors (Lipinski definition) is 7. The molecule has 0 radical (unpaired) electrons. The molecule has 2 unspecified atom stereocenters. The number of carbonyl (C=O) groups is 7. The lowest BCUT2D eigenvalue weighted by Gasteiger charge is -2.47. The molecule has 0 aliphatic carbocycles. The number of aliphatic carboxylic acids is 1. The fourth-order valence-electron chi connectivity index (χ4n) is 13.4. The Hall–Kier alpha value is -9.67. The van der Waals surface area contributed by atoms with Crippen molar-refractivity contribution in [2.24, 2.45) is 16.7 Å². The van der Waals surface area contributed by atoms with E-state index in [4.69, 9.17) is 14.0 Å². The van der Waals surface area contributed by atoms with Crippen LogP contribution in [-0.2, 0) is 72.3 Å². The van der Waals surface area contributed by atoms with Gasteiger partial charge in [-0.15, -0.1) is 0 Å². The van der Waals surface area contributed by atoms with Gasteiger partial charge >= 0.3 is 50.8 Å². The fourth-order valence-corrected chi connectivity index (χ4v) is 13.8. The van der Waals surface area contributed by atoms with Crippen LogP contribution in [0, 0.1) is 47.1 Å². The molecule has 592 valence electrons. The summed E-state index contributed by atoms with van der Waals surface area (Å²) < 4.78 is 191. The molecule has 6 atom stereocenters. The van der Waals surface area contributed by atoms with Gasteiger partial charge in [0.25, 0.3) is 5.91 Å². The number of phosphoric ester groups is 1. The van der Waals surface area contributed by atoms with E-state index in [1.54, 1.807) is 5.32 Å². The van der Waals surface area contributed by atoms with E-state index >= 15 is 44.7 Å². The van der Waals surface area contributed by atoms with Crippen molar-refractivity contribution in [3.8, 4) is 28.8 Å². The zero-order chi connectivity index (χ0) is 80.2. The Bertz CT molecular complexity index is 4280. The number of ether oxygens (including phenoxy) is 4. The minimum absolute atomic E-state index is 0.0442. The molecule has 109 heavy (non-hydrogen) atoms. The zero-order valence-corrected chi connectivity index (χ0v) is 61.2. The number of carboxylic acid groups (broad SMARTS) is 1. The Kier molecular flexibility index (Phi) is 25.4. The number of carbonyl (C=O) groups excluding carboxylic acids is 6. The smallest absolute Gasteiger partial charge is 0.481 e. The number of aryl methyl sites for hydroxylation is 1. The van der Waals surface area contributed by atoms with Crippen LogP contribution in [0.1, 0.15) is 106 Å². The Morgan fingerprint density at radius 1 is 0.752 bits per heavy atom. The number of alkyl halides is 8. The molecule has 4 aliphatic heterocycles. The summed E-state index contributed by atoms with van der Waals surface area (Å²) in [4.78, 5) is 132. The summed E-state index contributed by atoms with van der Waals surface area (Å²) in [5.41, 5.74) is -7.63. The molecular formula is C70H81F10N12O16P. The molecule has 4 saturated heterocycles. The number of esters is 1. The van der Waals surface area contributed by atoms with E-state index in [0.29, 0.717) is 106 Å². The average Bonchev–Trinajstić information content (AvgIpc) is 1.44. The Balaban J connectivity index is 1.16. The standard InChI is InChI=1S/C70H81F10N12O16P/c1-37-20-42(25-54(93)88-29-43(30-88)61(97)98)56(52(21-37)108-109(101,102)103)66(2,3)26-55(94)107-53(34-90(87-60(96)58(85-65(100)105-9)68(6,7)70(78,79)80)33-47-48(71)23-41(24-49(47)72)50-18-19-91(86-50)62(73)74)51(83-59(95)57(84-64(99)104-8)67(4,5)69(75,76)77)22-39-13-10-38(11-14-39)12-15-40-27-81-63(82-28-40)89-31-44-16-17-45(32-89)92(44)46-35-106-36-46/h10-11,13-14,18-21,23-24,27-28,43-46,51,53,57-58,62H,16-17,22,25-26,29-36H2,1-9H3,(H,83,95)(H,84,99)(H,85,100)(H,87,96)(H,97,98)(H2,101,102,103)/t44?,45?,51-,53-,57+,58+/m0/s1. The van der Waals surface area contributed by atoms with Crippen LogP contribution in [-0.4, -0.2) is 206 Å². The number of methoxy groups -OCH3 is 2. The van der Waals surface area contributed by atoms with Crippen molar-refractivity contribution in [1.29, 1.82) is 0 Å². The van der Waals surface area contributed by atoms with Crippen molar-refractivity contribution < 1.29 is 120 Å². The summed E-state index contributed by atoms with van der Waals surface area (Å²) in [6.45, 7) is 2.38. The number of benzene rings is 3. The molecule has 0 saturated carbocycles. The number of piperazine rings is 1. The lowest BCUT2D eigenvalue weighted by molar-refractivity contribution is -0.221. The summed E-state index contributed by atoms with van der Waals surface area (Å²) in [5.74, 6) is -5.16. The van der Waals surface area contributed by atoms with Gasteiger partial charge in [0.05, 0.1) is 86.9 Å². The summed E-state index contributed by atoms with van der Waals surface area (Å²) >= 11 is 0. The molecule has 2 bridgehead atoms. The molecule has 39 heteroatoms. The predicted octanol–water partition coefficient (Wildman–Crippen LogP) is 7.80. The first-order chi connectivity index (χ1) is 50.9. The Labute approximate surface area is 618 Å². The van der Waals surface area contributed by atoms with Gasteiger partial charge in [-0.2, -0.15) is 40.2 Å². The maximum absolute atomic E-state index is 16.9. The van der Waals surface area contributed by atoms with E-state index in [2.05, 4.69) is 56.9 Å². The molecule has 4 fully saturated rings. The first-order valence-corrected chi connectivity index (χ1v) is 35.5. The second-order valence-corrected chi connectivity index (χ2v) is 29.9. The lowest BCUT2D eigenvalue weighted by Crippen LogP contribution is -2.64. The molecule has 4 aliphatic rings. The van der Waals surface area contributed by atoms with Gasteiger partial charge in [0.2, 0.25) is 17.8 Å². The number of aromatic nitrogens is 4. The van der Waals surface area contributed by atoms with E-state index in [1.165, 1.54) is 68.4 Å². The van der Waals surface area contributed by atoms with Gasteiger partial charge in [-0.05, 0) is 107 Å².